The number of amides is 1. The van der Waals surface area contributed by atoms with Gasteiger partial charge < -0.3 is 10.1 Å². The number of hydrogen-bond donors (Lipinski definition) is 1. The van der Waals surface area contributed by atoms with Crippen LogP contribution in [0.5, 0.6) is 5.75 Å². The second-order valence-corrected chi connectivity index (χ2v) is 3.64. The van der Waals surface area contributed by atoms with E-state index in [2.05, 4.69) is 10.3 Å². The predicted molar refractivity (Wildman–Crippen MR) is 60.6 cm³/mol. The number of rotatable bonds is 3. The molecule has 0 radical (unpaired) electrons. The number of ether oxygens (including phenoxy) is 1. The fraction of sp³-hybridized carbons (Fsp3) is 0.455. The monoisotopic (exact) mass is 221 g/mol. The summed E-state index contributed by atoms with van der Waals surface area (Å²) in [6.07, 6.45) is 1.19. The summed E-state index contributed by atoms with van der Waals surface area (Å²) >= 11 is 0. The Morgan fingerprint density at radius 2 is 2.44 bits per heavy atom. The summed E-state index contributed by atoms with van der Waals surface area (Å²) in [6.45, 7) is 3.33. The Labute approximate surface area is 94.4 Å². The lowest BCUT2D eigenvalue weighted by Crippen LogP contribution is -2.49. The summed E-state index contributed by atoms with van der Waals surface area (Å²) in [6, 6.07) is 3.62. The van der Waals surface area contributed by atoms with Crippen molar-refractivity contribution < 1.29 is 9.53 Å². The SMILES string of the molecule is CCNCC1Oc2cccnc2N(C)C1=O. The molecule has 0 fully saturated rings. The molecule has 1 amide bonds. The summed E-state index contributed by atoms with van der Waals surface area (Å²) in [7, 11) is 1.72. The van der Waals surface area contributed by atoms with E-state index in [0.29, 0.717) is 18.1 Å². The number of likely N-dealkylation sites (N-methyl/N-ethyl adjacent to an activating group) is 2. The van der Waals surface area contributed by atoms with Crippen molar-refractivity contribution in [2.75, 3.05) is 25.0 Å². The van der Waals surface area contributed by atoms with Gasteiger partial charge in [-0.15, -0.1) is 0 Å². The van der Waals surface area contributed by atoms with Crippen LogP contribution in [0.4, 0.5) is 5.82 Å². The van der Waals surface area contributed by atoms with Gasteiger partial charge in [-0.25, -0.2) is 4.98 Å². The van der Waals surface area contributed by atoms with E-state index in [1.807, 2.05) is 13.0 Å². The van der Waals surface area contributed by atoms with Gasteiger partial charge in [-0.1, -0.05) is 6.92 Å². The number of anilines is 1. The number of nitrogens with zero attached hydrogens (tertiary/aromatic N) is 2. The van der Waals surface area contributed by atoms with Gasteiger partial charge in [0.2, 0.25) is 0 Å². The smallest absolute Gasteiger partial charge is 0.270 e. The lowest BCUT2D eigenvalue weighted by Gasteiger charge is -2.30. The minimum Gasteiger partial charge on any atom is -0.475 e. The van der Waals surface area contributed by atoms with Crippen molar-refractivity contribution in [3.63, 3.8) is 0 Å². The number of carbonyl (C=O) groups excluding carboxylic acids is 1. The molecule has 0 saturated carbocycles. The van der Waals surface area contributed by atoms with Gasteiger partial charge in [-0.2, -0.15) is 0 Å². The van der Waals surface area contributed by atoms with Gasteiger partial charge in [0, 0.05) is 19.8 Å². The lowest BCUT2D eigenvalue weighted by atomic mass is 10.2. The highest BCUT2D eigenvalue weighted by atomic mass is 16.5. The van der Waals surface area contributed by atoms with Gasteiger partial charge in [0.25, 0.3) is 5.91 Å². The highest BCUT2D eigenvalue weighted by Gasteiger charge is 2.32. The molecule has 5 heteroatoms. The molecule has 16 heavy (non-hydrogen) atoms. The van der Waals surface area contributed by atoms with Gasteiger partial charge in [0.15, 0.2) is 17.7 Å². The number of hydrogen-bond acceptors (Lipinski definition) is 4. The summed E-state index contributed by atoms with van der Waals surface area (Å²) in [5.74, 6) is 1.18. The molecule has 1 aromatic rings. The van der Waals surface area contributed by atoms with E-state index in [1.165, 1.54) is 0 Å². The van der Waals surface area contributed by atoms with Crippen molar-refractivity contribution in [3.05, 3.63) is 18.3 Å². The van der Waals surface area contributed by atoms with Crippen LogP contribution in [-0.4, -0.2) is 37.1 Å². The molecule has 0 aromatic carbocycles. The molecule has 1 aliphatic heterocycles. The molecule has 0 bridgehead atoms. The van der Waals surface area contributed by atoms with Crippen LogP contribution in [0.1, 0.15) is 6.92 Å². The summed E-state index contributed by atoms with van der Waals surface area (Å²) < 4.78 is 5.60. The first-order valence-corrected chi connectivity index (χ1v) is 5.34. The van der Waals surface area contributed by atoms with E-state index in [-0.39, 0.29) is 5.91 Å². The average Bonchev–Trinajstić information content (AvgIpc) is 2.32. The van der Waals surface area contributed by atoms with Gasteiger partial charge >= 0.3 is 0 Å². The normalized spacial score (nSPS) is 19.2. The van der Waals surface area contributed by atoms with Gasteiger partial charge in [0.05, 0.1) is 0 Å². The Morgan fingerprint density at radius 1 is 1.62 bits per heavy atom. The number of pyridine rings is 1. The highest BCUT2D eigenvalue weighted by molar-refractivity contribution is 5.98. The number of fused-ring (bicyclic) bond motifs is 1. The molecule has 0 spiro atoms. The van der Waals surface area contributed by atoms with Crippen molar-refractivity contribution in [2.24, 2.45) is 0 Å². The second-order valence-electron chi connectivity index (χ2n) is 3.64. The maximum absolute atomic E-state index is 11.9. The Morgan fingerprint density at radius 3 is 3.19 bits per heavy atom. The zero-order valence-electron chi connectivity index (χ0n) is 9.43. The summed E-state index contributed by atoms with van der Waals surface area (Å²) in [5, 5.41) is 3.11. The van der Waals surface area contributed by atoms with E-state index < -0.39 is 6.10 Å². The quantitative estimate of drug-likeness (QED) is 0.803. The molecule has 0 aliphatic carbocycles. The van der Waals surface area contributed by atoms with Gasteiger partial charge in [0.1, 0.15) is 0 Å². The van der Waals surface area contributed by atoms with Crippen LogP contribution >= 0.6 is 0 Å². The van der Waals surface area contributed by atoms with Crippen LogP contribution in [0.2, 0.25) is 0 Å². The van der Waals surface area contributed by atoms with E-state index in [0.717, 1.165) is 6.54 Å². The minimum atomic E-state index is -0.457. The molecule has 2 rings (SSSR count). The Balaban J connectivity index is 2.21. The largest absolute Gasteiger partial charge is 0.475 e. The summed E-state index contributed by atoms with van der Waals surface area (Å²) in [4.78, 5) is 17.6. The van der Waals surface area contributed by atoms with E-state index >= 15 is 0 Å². The molecule has 5 nitrogen and oxygen atoms in total. The van der Waals surface area contributed by atoms with Crippen LogP contribution in [0.15, 0.2) is 18.3 Å². The van der Waals surface area contributed by atoms with Crippen molar-refractivity contribution >= 4 is 11.7 Å². The number of carbonyl (C=O) groups is 1. The van der Waals surface area contributed by atoms with Gasteiger partial charge in [-0.05, 0) is 18.7 Å². The second kappa shape index (κ2) is 4.49. The first-order valence-electron chi connectivity index (χ1n) is 5.34. The zero-order chi connectivity index (χ0) is 11.5. The van der Waals surface area contributed by atoms with E-state index in [9.17, 15) is 4.79 Å². The highest BCUT2D eigenvalue weighted by Crippen LogP contribution is 2.29. The molecular weight excluding hydrogens is 206 g/mol. The fourth-order valence-corrected chi connectivity index (χ4v) is 1.65. The molecule has 1 atom stereocenters. The topological polar surface area (TPSA) is 54.5 Å². The lowest BCUT2D eigenvalue weighted by molar-refractivity contribution is -0.125. The molecule has 1 aliphatic rings. The Hall–Kier alpha value is -1.62. The third kappa shape index (κ3) is 1.86. The fourth-order valence-electron chi connectivity index (χ4n) is 1.65. The standard InChI is InChI=1S/C11H15N3O2/c1-3-12-7-9-11(15)14(2)10-8(16-9)5-4-6-13-10/h4-6,9,12H,3,7H2,1-2H3. The minimum absolute atomic E-state index is 0.0628. The maximum atomic E-state index is 11.9. The molecule has 1 aromatic heterocycles. The first-order chi connectivity index (χ1) is 7.74. The molecule has 2 heterocycles. The number of nitrogens with one attached hydrogen (secondary N) is 1. The third-order valence-corrected chi connectivity index (χ3v) is 2.52. The van der Waals surface area contributed by atoms with Crippen LogP contribution < -0.4 is 15.0 Å². The first kappa shape index (κ1) is 10.9. The van der Waals surface area contributed by atoms with Crippen LogP contribution in [0, 0.1) is 0 Å². The van der Waals surface area contributed by atoms with Crippen molar-refractivity contribution in [3.8, 4) is 5.75 Å². The van der Waals surface area contributed by atoms with Crippen molar-refractivity contribution in [2.45, 2.75) is 13.0 Å². The van der Waals surface area contributed by atoms with E-state index in [1.54, 1.807) is 24.2 Å². The van der Waals surface area contributed by atoms with Crippen LogP contribution in [0.3, 0.4) is 0 Å². The van der Waals surface area contributed by atoms with Crippen LogP contribution in [-0.2, 0) is 4.79 Å². The van der Waals surface area contributed by atoms with Crippen LogP contribution in [0.25, 0.3) is 0 Å². The molecule has 0 saturated heterocycles. The predicted octanol–water partition coefficient (Wildman–Crippen LogP) is 0.415. The van der Waals surface area contributed by atoms with Crippen molar-refractivity contribution in [1.82, 2.24) is 10.3 Å². The molecule has 86 valence electrons. The maximum Gasteiger partial charge on any atom is 0.270 e. The van der Waals surface area contributed by atoms with Gasteiger partial charge in [-0.3, -0.25) is 9.69 Å². The Bertz CT molecular complexity index is 395. The molecule has 1 N–H and O–H groups in total. The molecular formula is C11H15N3O2. The Kier molecular flexibility index (Phi) is 3.05. The average molecular weight is 221 g/mol. The van der Waals surface area contributed by atoms with E-state index in [4.69, 9.17) is 4.74 Å². The molecule has 1 unspecified atom stereocenters. The third-order valence-electron chi connectivity index (χ3n) is 2.52. The summed E-state index contributed by atoms with van der Waals surface area (Å²) in [5.41, 5.74) is 0. The van der Waals surface area contributed by atoms with Crippen molar-refractivity contribution in [1.29, 1.82) is 0 Å². The zero-order valence-corrected chi connectivity index (χ0v) is 9.43. The number of aromatic nitrogens is 1.